The first-order valence-corrected chi connectivity index (χ1v) is 26.5. The SMILES string of the molecule is CC1(C)C(=CC=CC=CC2=[N+](CCCS(=O)(=O)[O-])c3ccc(S(=O)(=O)O)cc3C2(C)C)N(CCCCCC(=O)NCCCNC(=O)OC2CCC=CCCC2)c2ccc(S(=O)(=O)O)cc21. The number of hydrogen-bond acceptors (Lipinski definition) is 11. The van der Waals surface area contributed by atoms with Crippen molar-refractivity contribution in [2.75, 3.05) is 36.8 Å². The van der Waals surface area contributed by atoms with E-state index in [1.54, 1.807) is 24.3 Å². The number of amides is 2. The van der Waals surface area contributed by atoms with Gasteiger partial charge >= 0.3 is 6.09 Å². The van der Waals surface area contributed by atoms with Crippen LogP contribution >= 0.6 is 0 Å². The van der Waals surface area contributed by atoms with E-state index < -0.39 is 53.0 Å². The molecule has 0 radical (unpaired) electrons. The summed E-state index contributed by atoms with van der Waals surface area (Å²) in [4.78, 5) is 26.4. The molecule has 0 spiro atoms. The summed E-state index contributed by atoms with van der Waals surface area (Å²) in [5.41, 5.74) is 2.80. The summed E-state index contributed by atoms with van der Waals surface area (Å²) < 4.78 is 110. The van der Waals surface area contributed by atoms with Crippen LogP contribution < -0.4 is 15.5 Å². The van der Waals surface area contributed by atoms with E-state index in [0.29, 0.717) is 67.8 Å². The highest BCUT2D eigenvalue weighted by Gasteiger charge is 2.45. The zero-order valence-electron chi connectivity index (χ0n) is 37.5. The van der Waals surface area contributed by atoms with Crippen molar-refractivity contribution in [1.29, 1.82) is 0 Å². The number of allylic oxidation sites excluding steroid dienone is 8. The predicted molar refractivity (Wildman–Crippen MR) is 248 cm³/mol. The lowest BCUT2D eigenvalue weighted by molar-refractivity contribution is -0.437. The molecule has 1 aliphatic carbocycles. The number of ether oxygens (including phenoxy) is 1. The van der Waals surface area contributed by atoms with Crippen molar-refractivity contribution in [3.05, 3.63) is 95.8 Å². The average Bonchev–Trinajstić information content (AvgIpc) is 3.54. The number of unbranched alkanes of at least 4 members (excludes halogenated alkanes) is 2. The third-order valence-corrected chi connectivity index (χ3v) is 14.5. The highest BCUT2D eigenvalue weighted by Crippen LogP contribution is 2.48. The molecule has 2 aromatic rings. The Bertz CT molecular complexity index is 2580. The monoisotopic (exact) mass is 958 g/mol. The zero-order chi connectivity index (χ0) is 47.6. The highest BCUT2D eigenvalue weighted by atomic mass is 32.2. The van der Waals surface area contributed by atoms with E-state index in [1.807, 2.05) is 50.5 Å². The summed E-state index contributed by atoms with van der Waals surface area (Å²) in [6, 6.07) is 8.74. The van der Waals surface area contributed by atoms with Gasteiger partial charge in [-0.15, -0.1) is 0 Å². The standard InChI is InChI=1S/C46H62N4O12S3/c1-45(2)37-32-35(64(56,57)58)23-25-39(37)49(29-15-9-14-22-43(51)47-27-16-28-48-44(52)62-34-18-10-6-5-7-11-19-34)41(45)20-12-8-13-21-42-46(3,4)38-33-36(65(59,60)61)24-26-40(38)50(42)30-17-31-63(53,54)55/h5-6,8,12-13,20-21,23-26,32-34H,7,9-11,14-19,22,27-31H2,1-4H3,(H4-,47,48,51,52,53,54,55,56,57,58,59,60,61). The third-order valence-electron chi connectivity index (χ3n) is 12.1. The summed E-state index contributed by atoms with van der Waals surface area (Å²) in [6.45, 7) is 9.19. The van der Waals surface area contributed by atoms with Crippen LogP contribution in [-0.4, -0.2) is 99.2 Å². The molecule has 2 aliphatic heterocycles. The molecule has 0 aromatic heterocycles. The van der Waals surface area contributed by atoms with Crippen molar-refractivity contribution < 1.29 is 57.8 Å². The second-order valence-corrected chi connectivity index (χ2v) is 22.0. The summed E-state index contributed by atoms with van der Waals surface area (Å²) in [5, 5.41) is 5.68. The number of carbonyl (C=O) groups is 2. The number of benzene rings is 2. The molecule has 2 amide bonds. The molecular formula is C46H62N4O12S3. The van der Waals surface area contributed by atoms with E-state index >= 15 is 0 Å². The third kappa shape index (κ3) is 13.9. The molecule has 0 saturated heterocycles. The maximum absolute atomic E-state index is 12.6. The molecule has 65 heavy (non-hydrogen) atoms. The lowest BCUT2D eigenvalue weighted by atomic mass is 9.81. The van der Waals surface area contributed by atoms with Crippen LogP contribution in [0, 0.1) is 0 Å². The largest absolute Gasteiger partial charge is 0.748 e. The number of rotatable bonds is 20. The van der Waals surface area contributed by atoms with Crippen LogP contribution in [0.15, 0.2) is 94.4 Å². The number of alkyl carbamates (subject to hydrolysis) is 1. The van der Waals surface area contributed by atoms with E-state index in [-0.39, 0.29) is 34.8 Å². The molecular weight excluding hydrogens is 897 g/mol. The van der Waals surface area contributed by atoms with Crippen molar-refractivity contribution in [2.24, 2.45) is 0 Å². The Morgan fingerprint density at radius 2 is 1.49 bits per heavy atom. The van der Waals surface area contributed by atoms with Gasteiger partial charge in [0.15, 0.2) is 5.71 Å². The van der Waals surface area contributed by atoms with Crippen molar-refractivity contribution in [1.82, 2.24) is 10.6 Å². The molecule has 1 atom stereocenters. The van der Waals surface area contributed by atoms with Crippen LogP contribution in [0.1, 0.15) is 109 Å². The Hall–Kier alpha value is -4.66. The highest BCUT2D eigenvalue weighted by molar-refractivity contribution is 7.86. The number of nitrogens with one attached hydrogen (secondary N) is 2. The van der Waals surface area contributed by atoms with E-state index in [2.05, 4.69) is 27.7 Å². The number of nitrogens with zero attached hydrogens (tertiary/aromatic N) is 2. The summed E-state index contributed by atoms with van der Waals surface area (Å²) in [5.74, 6) is -0.662. The molecule has 2 heterocycles. The topological polar surface area (TPSA) is 240 Å². The Kier molecular flexibility index (Phi) is 17.2. The van der Waals surface area contributed by atoms with Gasteiger partial charge in [0.05, 0.1) is 25.3 Å². The number of anilines is 1. The smallest absolute Gasteiger partial charge is 0.407 e. The van der Waals surface area contributed by atoms with Crippen LogP contribution in [0.5, 0.6) is 0 Å². The van der Waals surface area contributed by atoms with Gasteiger partial charge in [-0.3, -0.25) is 13.9 Å². The fourth-order valence-corrected chi connectivity index (χ4v) is 10.1. The van der Waals surface area contributed by atoms with Gasteiger partial charge in [-0.1, -0.05) is 50.6 Å². The predicted octanol–water partition coefficient (Wildman–Crippen LogP) is 6.97. The molecule has 0 saturated carbocycles. The molecule has 356 valence electrons. The molecule has 2 aromatic carbocycles. The van der Waals surface area contributed by atoms with Gasteiger partial charge in [0, 0.05) is 72.7 Å². The van der Waals surface area contributed by atoms with Gasteiger partial charge in [-0.05, 0) is 107 Å². The van der Waals surface area contributed by atoms with Crippen LogP contribution in [0.3, 0.4) is 0 Å². The first-order chi connectivity index (χ1) is 30.5. The average molecular weight is 959 g/mol. The molecule has 0 bridgehead atoms. The molecule has 3 aliphatic rings. The molecule has 4 N–H and O–H groups in total. The zero-order valence-corrected chi connectivity index (χ0v) is 39.9. The summed E-state index contributed by atoms with van der Waals surface area (Å²) in [7, 11) is -13.5. The number of fused-ring (bicyclic) bond motifs is 2. The van der Waals surface area contributed by atoms with Crippen LogP contribution in [0.25, 0.3) is 0 Å². The first kappa shape index (κ1) is 51.3. The lowest BCUT2D eigenvalue weighted by Crippen LogP contribution is -2.32. The van der Waals surface area contributed by atoms with E-state index in [9.17, 15) is 48.5 Å². The first-order valence-electron chi connectivity index (χ1n) is 22.0. The van der Waals surface area contributed by atoms with Crippen molar-refractivity contribution in [3.8, 4) is 0 Å². The van der Waals surface area contributed by atoms with E-state index in [1.165, 1.54) is 24.3 Å². The fraction of sp³-hybridized carbons (Fsp3) is 0.500. The van der Waals surface area contributed by atoms with Gasteiger partial charge < -0.3 is 24.8 Å². The quantitative estimate of drug-likeness (QED) is 0.0345. The molecule has 1 unspecified atom stereocenters. The second kappa shape index (κ2) is 21.8. The van der Waals surface area contributed by atoms with Crippen LogP contribution in [-0.2, 0) is 50.7 Å². The second-order valence-electron chi connectivity index (χ2n) is 17.6. The fourth-order valence-electron chi connectivity index (χ4n) is 8.63. The Morgan fingerprint density at radius 1 is 0.815 bits per heavy atom. The van der Waals surface area contributed by atoms with Gasteiger partial charge in [-0.2, -0.15) is 21.4 Å². The van der Waals surface area contributed by atoms with E-state index in [4.69, 9.17) is 4.74 Å². The van der Waals surface area contributed by atoms with Gasteiger partial charge in [0.2, 0.25) is 11.6 Å². The van der Waals surface area contributed by atoms with Crippen LogP contribution in [0.4, 0.5) is 16.2 Å². The Balaban J connectivity index is 1.22. The van der Waals surface area contributed by atoms with Crippen molar-refractivity contribution in [3.63, 3.8) is 0 Å². The molecule has 0 fully saturated rings. The number of carbonyl (C=O) groups excluding carboxylic acids is 2. The summed E-state index contributed by atoms with van der Waals surface area (Å²) >= 11 is 0. The normalized spacial score (nSPS) is 19.1. The van der Waals surface area contributed by atoms with Gasteiger partial charge in [-0.25, -0.2) is 13.2 Å². The Labute approximate surface area is 383 Å². The number of hydrogen-bond donors (Lipinski definition) is 4. The van der Waals surface area contributed by atoms with E-state index in [0.717, 1.165) is 49.9 Å². The summed E-state index contributed by atoms with van der Waals surface area (Å²) in [6.07, 6.45) is 20.5. The van der Waals surface area contributed by atoms with Crippen molar-refractivity contribution >= 4 is 59.4 Å². The van der Waals surface area contributed by atoms with Gasteiger partial charge in [0.1, 0.15) is 12.6 Å². The minimum absolute atomic E-state index is 0.0240. The lowest BCUT2D eigenvalue weighted by Gasteiger charge is -2.27. The maximum atomic E-state index is 12.6. The molecule has 16 nitrogen and oxygen atoms in total. The van der Waals surface area contributed by atoms with Gasteiger partial charge in [0.25, 0.3) is 20.2 Å². The van der Waals surface area contributed by atoms with Crippen LogP contribution in [0.2, 0.25) is 0 Å². The maximum Gasteiger partial charge on any atom is 0.407 e. The Morgan fingerprint density at radius 3 is 2.20 bits per heavy atom. The minimum atomic E-state index is -4.51. The van der Waals surface area contributed by atoms with Crippen molar-refractivity contribution in [2.45, 2.75) is 125 Å². The molecule has 19 heteroatoms. The minimum Gasteiger partial charge on any atom is -0.748 e. The molecule has 5 rings (SSSR count).